The van der Waals surface area contributed by atoms with Crippen molar-refractivity contribution in [3.63, 3.8) is 0 Å². The number of nitrogens with zero attached hydrogens (tertiary/aromatic N) is 2. The third-order valence-electron chi connectivity index (χ3n) is 3.89. The van der Waals surface area contributed by atoms with Crippen LogP contribution in [0, 0.1) is 0 Å². The molecule has 4 heteroatoms. The summed E-state index contributed by atoms with van der Waals surface area (Å²) in [5, 5.41) is 2.04. The standard InChI is InChI=1S/C13H17N3O/c1-15-9-7-13(8-10-15)12(17)14-16(13)11-5-3-2-4-6-11/h2-6H,7-10H2,1H3,(H,14,17). The number of benzene rings is 1. The first-order chi connectivity index (χ1) is 8.22. The molecule has 0 atom stereocenters. The SMILES string of the molecule is CN1CCC2(CC1)C(=O)NN2c1ccccc1. The number of amides is 1. The molecule has 1 spiro atoms. The maximum Gasteiger partial charge on any atom is 0.266 e. The summed E-state index contributed by atoms with van der Waals surface area (Å²) in [5.74, 6) is 0.175. The van der Waals surface area contributed by atoms with Gasteiger partial charge in [-0.15, -0.1) is 0 Å². The number of likely N-dealkylation sites (tertiary alicyclic amines) is 1. The quantitative estimate of drug-likeness (QED) is 0.783. The molecule has 1 N–H and O–H groups in total. The van der Waals surface area contributed by atoms with Crippen LogP contribution in [0.15, 0.2) is 30.3 Å². The fraction of sp³-hybridized carbons (Fsp3) is 0.462. The van der Waals surface area contributed by atoms with E-state index in [1.54, 1.807) is 0 Å². The highest BCUT2D eigenvalue weighted by atomic mass is 16.2. The van der Waals surface area contributed by atoms with Gasteiger partial charge in [-0.25, -0.2) is 0 Å². The number of carbonyl (C=O) groups is 1. The van der Waals surface area contributed by atoms with Gasteiger partial charge in [0.1, 0.15) is 5.54 Å². The molecule has 17 heavy (non-hydrogen) atoms. The van der Waals surface area contributed by atoms with Crippen LogP contribution in [0.5, 0.6) is 0 Å². The summed E-state index contributed by atoms with van der Waals surface area (Å²) in [6.45, 7) is 1.97. The Hall–Kier alpha value is -1.55. The van der Waals surface area contributed by atoms with Crippen molar-refractivity contribution in [2.45, 2.75) is 18.4 Å². The van der Waals surface area contributed by atoms with E-state index in [1.807, 2.05) is 35.3 Å². The molecule has 2 aliphatic rings. The molecule has 1 aromatic carbocycles. The smallest absolute Gasteiger partial charge is 0.266 e. The highest BCUT2D eigenvalue weighted by molar-refractivity contribution is 5.98. The number of hydrogen-bond donors (Lipinski definition) is 1. The van der Waals surface area contributed by atoms with E-state index in [0.717, 1.165) is 31.6 Å². The van der Waals surface area contributed by atoms with Crippen LogP contribution in [0.3, 0.4) is 0 Å². The van der Waals surface area contributed by atoms with Gasteiger partial charge < -0.3 is 4.90 Å². The van der Waals surface area contributed by atoms with Crippen LogP contribution in [0.4, 0.5) is 5.69 Å². The molecule has 0 aromatic heterocycles. The van der Waals surface area contributed by atoms with Gasteiger partial charge in [-0.3, -0.25) is 15.2 Å². The van der Waals surface area contributed by atoms with Gasteiger partial charge in [0.15, 0.2) is 0 Å². The largest absolute Gasteiger partial charge is 0.306 e. The van der Waals surface area contributed by atoms with Crippen molar-refractivity contribution >= 4 is 11.6 Å². The van der Waals surface area contributed by atoms with Crippen molar-refractivity contribution in [3.8, 4) is 0 Å². The minimum absolute atomic E-state index is 0.175. The lowest BCUT2D eigenvalue weighted by Crippen LogP contribution is -2.78. The summed E-state index contributed by atoms with van der Waals surface area (Å²) in [6.07, 6.45) is 1.81. The van der Waals surface area contributed by atoms with Gasteiger partial charge in [0.25, 0.3) is 5.91 Å². The third kappa shape index (κ3) is 1.52. The highest BCUT2D eigenvalue weighted by Gasteiger charge is 2.54. The number of piperidine rings is 1. The second-order valence-corrected chi connectivity index (χ2v) is 4.95. The van der Waals surface area contributed by atoms with E-state index >= 15 is 0 Å². The van der Waals surface area contributed by atoms with Gasteiger partial charge >= 0.3 is 0 Å². The van der Waals surface area contributed by atoms with Gasteiger partial charge in [0.05, 0.1) is 5.69 Å². The van der Waals surface area contributed by atoms with Crippen molar-refractivity contribution in [2.75, 3.05) is 25.1 Å². The van der Waals surface area contributed by atoms with Crippen molar-refractivity contribution in [3.05, 3.63) is 30.3 Å². The van der Waals surface area contributed by atoms with Crippen molar-refractivity contribution in [2.24, 2.45) is 0 Å². The van der Waals surface area contributed by atoms with Gasteiger partial charge in [-0.1, -0.05) is 18.2 Å². The summed E-state index contributed by atoms with van der Waals surface area (Å²) >= 11 is 0. The van der Waals surface area contributed by atoms with E-state index in [9.17, 15) is 4.79 Å². The monoisotopic (exact) mass is 231 g/mol. The second-order valence-electron chi connectivity index (χ2n) is 4.95. The molecule has 0 aliphatic carbocycles. The zero-order valence-electron chi connectivity index (χ0n) is 10.0. The minimum Gasteiger partial charge on any atom is -0.306 e. The van der Waals surface area contributed by atoms with Crippen LogP contribution >= 0.6 is 0 Å². The molecular formula is C13H17N3O. The lowest BCUT2D eigenvalue weighted by Gasteiger charge is -2.55. The van der Waals surface area contributed by atoms with E-state index < -0.39 is 0 Å². The Morgan fingerprint density at radius 1 is 1.18 bits per heavy atom. The molecule has 4 nitrogen and oxygen atoms in total. The first-order valence-corrected chi connectivity index (χ1v) is 6.07. The van der Waals surface area contributed by atoms with Gasteiger partial charge in [-0.2, -0.15) is 0 Å². The molecular weight excluding hydrogens is 214 g/mol. The molecule has 90 valence electrons. The van der Waals surface area contributed by atoms with E-state index in [0.29, 0.717) is 0 Å². The number of anilines is 1. The van der Waals surface area contributed by atoms with E-state index in [4.69, 9.17) is 0 Å². The maximum atomic E-state index is 11.9. The molecule has 2 heterocycles. The molecule has 0 radical (unpaired) electrons. The molecule has 0 bridgehead atoms. The maximum absolute atomic E-state index is 11.9. The minimum atomic E-state index is -0.298. The van der Waals surface area contributed by atoms with Crippen LogP contribution in [-0.4, -0.2) is 36.5 Å². The fourth-order valence-electron chi connectivity index (χ4n) is 2.69. The Kier molecular flexibility index (Phi) is 2.33. The number of para-hydroxylation sites is 1. The summed E-state index contributed by atoms with van der Waals surface area (Å²) < 4.78 is 0. The molecule has 1 amide bonds. The summed E-state index contributed by atoms with van der Waals surface area (Å²) in [4.78, 5) is 14.2. The lowest BCUT2D eigenvalue weighted by molar-refractivity contribution is -0.137. The molecule has 1 aromatic rings. The first-order valence-electron chi connectivity index (χ1n) is 6.07. The number of carbonyl (C=O) groups excluding carboxylic acids is 1. The zero-order chi connectivity index (χ0) is 11.9. The second kappa shape index (κ2) is 3.74. The van der Waals surface area contributed by atoms with E-state index in [-0.39, 0.29) is 11.4 Å². The molecule has 3 rings (SSSR count). The van der Waals surface area contributed by atoms with Crippen LogP contribution in [0.25, 0.3) is 0 Å². The average molecular weight is 231 g/mol. The molecule has 0 unspecified atom stereocenters. The molecule has 2 aliphatic heterocycles. The molecule has 2 saturated heterocycles. The highest BCUT2D eigenvalue weighted by Crippen LogP contribution is 2.37. The zero-order valence-corrected chi connectivity index (χ0v) is 10.0. The Labute approximate surface area is 101 Å². The normalized spacial score (nSPS) is 23.4. The van der Waals surface area contributed by atoms with Crippen molar-refractivity contribution in [1.82, 2.24) is 10.3 Å². The number of hydrogen-bond acceptors (Lipinski definition) is 3. The van der Waals surface area contributed by atoms with Crippen LogP contribution in [-0.2, 0) is 4.79 Å². The fourth-order valence-corrected chi connectivity index (χ4v) is 2.69. The summed E-state index contributed by atoms with van der Waals surface area (Å²) in [5.41, 5.74) is 3.69. The Morgan fingerprint density at radius 3 is 2.41 bits per heavy atom. The topological polar surface area (TPSA) is 35.6 Å². The van der Waals surface area contributed by atoms with Gasteiger partial charge in [0, 0.05) is 13.1 Å². The van der Waals surface area contributed by atoms with Crippen LogP contribution < -0.4 is 10.4 Å². The lowest BCUT2D eigenvalue weighted by atomic mass is 9.82. The van der Waals surface area contributed by atoms with E-state index in [1.165, 1.54) is 0 Å². The molecule has 0 saturated carbocycles. The average Bonchev–Trinajstić information content (AvgIpc) is 2.38. The van der Waals surface area contributed by atoms with Crippen LogP contribution in [0.1, 0.15) is 12.8 Å². The first kappa shape index (κ1) is 10.6. The van der Waals surface area contributed by atoms with Gasteiger partial charge in [0.2, 0.25) is 0 Å². The Bertz CT molecular complexity index is 424. The predicted molar refractivity (Wildman–Crippen MR) is 66.5 cm³/mol. The number of nitrogens with one attached hydrogen (secondary N) is 1. The Balaban J connectivity index is 1.86. The third-order valence-corrected chi connectivity index (χ3v) is 3.89. The molecule has 2 fully saturated rings. The number of hydrazine groups is 1. The van der Waals surface area contributed by atoms with Crippen LogP contribution in [0.2, 0.25) is 0 Å². The van der Waals surface area contributed by atoms with Crippen molar-refractivity contribution < 1.29 is 4.79 Å². The Morgan fingerprint density at radius 2 is 1.82 bits per heavy atom. The summed E-state index contributed by atoms with van der Waals surface area (Å²) in [6, 6.07) is 10.1. The van der Waals surface area contributed by atoms with E-state index in [2.05, 4.69) is 17.4 Å². The van der Waals surface area contributed by atoms with Crippen molar-refractivity contribution in [1.29, 1.82) is 0 Å². The predicted octanol–water partition coefficient (Wildman–Crippen LogP) is 1.00. The number of rotatable bonds is 1. The van der Waals surface area contributed by atoms with Gasteiger partial charge in [-0.05, 0) is 32.0 Å². The summed E-state index contributed by atoms with van der Waals surface area (Å²) in [7, 11) is 2.11.